The summed E-state index contributed by atoms with van der Waals surface area (Å²) < 4.78 is 5.59. The quantitative estimate of drug-likeness (QED) is 0.607. The Hall–Kier alpha value is -1.90. The van der Waals surface area contributed by atoms with Crippen molar-refractivity contribution in [3.63, 3.8) is 0 Å². The van der Waals surface area contributed by atoms with Gasteiger partial charge in [0.1, 0.15) is 5.75 Å². The minimum absolute atomic E-state index is 0.753. The van der Waals surface area contributed by atoms with E-state index in [1.807, 2.05) is 36.7 Å². The zero-order valence-corrected chi connectivity index (χ0v) is 13.7. The lowest BCUT2D eigenvalue weighted by molar-refractivity contribution is 0.317. The Morgan fingerprint density at radius 2 is 1.59 bits per heavy atom. The molecule has 0 fully saturated rings. The molecule has 0 bridgehead atoms. The first-order chi connectivity index (χ1) is 10.8. The molecule has 0 amide bonds. The number of nitrogens with zero attached hydrogens (tertiary/aromatic N) is 2. The molecule has 0 aliphatic heterocycles. The molecule has 0 atom stereocenters. The second-order valence-electron chi connectivity index (χ2n) is 5.60. The molecule has 0 saturated carbocycles. The molecule has 0 radical (unpaired) electrons. The van der Waals surface area contributed by atoms with E-state index >= 15 is 0 Å². The maximum atomic E-state index is 5.59. The first kappa shape index (κ1) is 16.5. The van der Waals surface area contributed by atoms with Gasteiger partial charge in [-0.3, -0.25) is 0 Å². The summed E-state index contributed by atoms with van der Waals surface area (Å²) in [5.41, 5.74) is 2.25. The van der Waals surface area contributed by atoms with Crippen LogP contribution in [-0.2, 0) is 6.42 Å². The number of aromatic nitrogens is 2. The second kappa shape index (κ2) is 9.19. The van der Waals surface area contributed by atoms with Crippen molar-refractivity contribution in [2.75, 3.05) is 6.61 Å². The Morgan fingerprint density at radius 3 is 2.23 bits per heavy atom. The van der Waals surface area contributed by atoms with Crippen LogP contribution in [0.1, 0.15) is 51.5 Å². The van der Waals surface area contributed by atoms with Gasteiger partial charge < -0.3 is 4.74 Å². The molecule has 22 heavy (non-hydrogen) atoms. The number of benzene rings is 1. The predicted octanol–water partition coefficient (Wildman–Crippen LogP) is 5.06. The summed E-state index contributed by atoms with van der Waals surface area (Å²) in [4.78, 5) is 8.98. The third-order valence-electron chi connectivity index (χ3n) is 3.61. The molecule has 3 heteroatoms. The summed E-state index contributed by atoms with van der Waals surface area (Å²) in [6.45, 7) is 5.09. The van der Waals surface area contributed by atoms with Crippen LogP contribution in [0.15, 0.2) is 36.7 Å². The van der Waals surface area contributed by atoms with Gasteiger partial charge in [0.15, 0.2) is 5.82 Å². The van der Waals surface area contributed by atoms with Crippen LogP contribution in [0.25, 0.3) is 11.4 Å². The van der Waals surface area contributed by atoms with Crippen LogP contribution in [0.5, 0.6) is 5.75 Å². The topological polar surface area (TPSA) is 35.0 Å². The zero-order chi connectivity index (χ0) is 15.6. The maximum Gasteiger partial charge on any atom is 0.159 e. The smallest absolute Gasteiger partial charge is 0.159 e. The first-order valence-corrected chi connectivity index (χ1v) is 8.37. The molecule has 2 rings (SSSR count). The highest BCUT2D eigenvalue weighted by Crippen LogP contribution is 2.19. The summed E-state index contributed by atoms with van der Waals surface area (Å²) in [7, 11) is 0. The normalized spacial score (nSPS) is 10.6. The van der Waals surface area contributed by atoms with Crippen LogP contribution >= 0.6 is 0 Å². The molecule has 0 unspecified atom stereocenters. The molecule has 0 spiro atoms. The van der Waals surface area contributed by atoms with Crippen LogP contribution in [0, 0.1) is 0 Å². The Kier molecular flexibility index (Phi) is 6.88. The van der Waals surface area contributed by atoms with E-state index in [1.54, 1.807) is 0 Å². The van der Waals surface area contributed by atoms with Gasteiger partial charge in [0.25, 0.3) is 0 Å². The summed E-state index contributed by atoms with van der Waals surface area (Å²) in [5.74, 6) is 1.68. The number of unbranched alkanes of at least 4 members (excludes halogenated alkanes) is 3. The van der Waals surface area contributed by atoms with Crippen LogP contribution < -0.4 is 4.74 Å². The summed E-state index contributed by atoms with van der Waals surface area (Å²) in [6, 6.07) is 7.99. The van der Waals surface area contributed by atoms with Gasteiger partial charge in [0.05, 0.1) is 6.61 Å². The number of ether oxygens (including phenoxy) is 1. The monoisotopic (exact) mass is 298 g/mol. The molecule has 118 valence electrons. The van der Waals surface area contributed by atoms with Gasteiger partial charge in [-0.15, -0.1) is 0 Å². The van der Waals surface area contributed by atoms with Crippen molar-refractivity contribution < 1.29 is 4.74 Å². The zero-order valence-electron chi connectivity index (χ0n) is 13.7. The Bertz CT molecular complexity index is 534. The second-order valence-corrected chi connectivity index (χ2v) is 5.60. The fourth-order valence-corrected chi connectivity index (χ4v) is 2.31. The van der Waals surface area contributed by atoms with E-state index in [0.29, 0.717) is 0 Å². The summed E-state index contributed by atoms with van der Waals surface area (Å²) >= 11 is 0. The molecule has 2 aromatic rings. The van der Waals surface area contributed by atoms with E-state index in [-0.39, 0.29) is 0 Å². The van der Waals surface area contributed by atoms with E-state index in [0.717, 1.165) is 36.6 Å². The largest absolute Gasteiger partial charge is 0.494 e. The van der Waals surface area contributed by atoms with Gasteiger partial charge >= 0.3 is 0 Å². The highest BCUT2D eigenvalue weighted by Gasteiger charge is 2.02. The van der Waals surface area contributed by atoms with E-state index in [9.17, 15) is 0 Å². The molecular weight excluding hydrogens is 272 g/mol. The molecule has 0 saturated heterocycles. The molecule has 3 nitrogen and oxygen atoms in total. The van der Waals surface area contributed by atoms with E-state index in [2.05, 4.69) is 23.8 Å². The summed E-state index contributed by atoms with van der Waals surface area (Å²) in [6.07, 6.45) is 11.1. The highest BCUT2D eigenvalue weighted by molar-refractivity contribution is 5.55. The lowest BCUT2D eigenvalue weighted by Gasteiger charge is -2.06. The van der Waals surface area contributed by atoms with Crippen LogP contribution in [0.4, 0.5) is 0 Å². The van der Waals surface area contributed by atoms with Crippen molar-refractivity contribution in [1.29, 1.82) is 0 Å². The van der Waals surface area contributed by atoms with Crippen LogP contribution in [0.3, 0.4) is 0 Å². The standard InChI is InChI=1S/C19H26N2O/c1-3-5-6-7-8-16-14-20-19(21-15-16)17-9-11-18(12-10-17)22-13-4-2/h9-12,14-15H,3-8,13H2,1-2H3. The third kappa shape index (κ3) is 5.14. The molecule has 0 aliphatic carbocycles. The van der Waals surface area contributed by atoms with Gasteiger partial charge in [-0.25, -0.2) is 9.97 Å². The minimum Gasteiger partial charge on any atom is -0.494 e. The highest BCUT2D eigenvalue weighted by atomic mass is 16.5. The van der Waals surface area contributed by atoms with E-state index in [4.69, 9.17) is 4.74 Å². The van der Waals surface area contributed by atoms with Gasteiger partial charge in [-0.2, -0.15) is 0 Å². The molecular formula is C19H26N2O. The molecule has 1 aromatic carbocycles. The van der Waals surface area contributed by atoms with Crippen molar-refractivity contribution >= 4 is 0 Å². The third-order valence-corrected chi connectivity index (χ3v) is 3.61. The molecule has 0 N–H and O–H groups in total. The Morgan fingerprint density at radius 1 is 0.864 bits per heavy atom. The number of rotatable bonds is 9. The number of aryl methyl sites for hydroxylation is 1. The summed E-state index contributed by atoms with van der Waals surface area (Å²) in [5, 5.41) is 0. The molecule has 1 heterocycles. The fraction of sp³-hybridized carbons (Fsp3) is 0.474. The fourth-order valence-electron chi connectivity index (χ4n) is 2.31. The van der Waals surface area contributed by atoms with E-state index < -0.39 is 0 Å². The average molecular weight is 298 g/mol. The minimum atomic E-state index is 0.753. The van der Waals surface area contributed by atoms with Crippen molar-refractivity contribution in [2.45, 2.75) is 52.4 Å². The lowest BCUT2D eigenvalue weighted by Crippen LogP contribution is -1.95. The van der Waals surface area contributed by atoms with Crippen molar-refractivity contribution in [3.8, 4) is 17.1 Å². The van der Waals surface area contributed by atoms with Crippen LogP contribution in [0.2, 0.25) is 0 Å². The maximum absolute atomic E-state index is 5.59. The van der Waals surface area contributed by atoms with Crippen LogP contribution in [-0.4, -0.2) is 16.6 Å². The Balaban J connectivity index is 1.92. The SMILES string of the molecule is CCCCCCc1cnc(-c2ccc(OCCC)cc2)nc1. The van der Waals surface area contributed by atoms with Crippen molar-refractivity contribution in [3.05, 3.63) is 42.2 Å². The predicted molar refractivity (Wildman–Crippen MR) is 91.1 cm³/mol. The first-order valence-electron chi connectivity index (χ1n) is 8.37. The number of hydrogen-bond donors (Lipinski definition) is 0. The van der Waals surface area contributed by atoms with Gasteiger partial charge in [-0.05, 0) is 49.1 Å². The number of hydrogen-bond acceptors (Lipinski definition) is 3. The van der Waals surface area contributed by atoms with Gasteiger partial charge in [0.2, 0.25) is 0 Å². The molecule has 1 aromatic heterocycles. The van der Waals surface area contributed by atoms with Crippen molar-refractivity contribution in [2.24, 2.45) is 0 Å². The van der Waals surface area contributed by atoms with Crippen molar-refractivity contribution in [1.82, 2.24) is 9.97 Å². The van der Waals surface area contributed by atoms with E-state index in [1.165, 1.54) is 31.2 Å². The van der Waals surface area contributed by atoms with Gasteiger partial charge in [-0.1, -0.05) is 33.1 Å². The van der Waals surface area contributed by atoms with Gasteiger partial charge in [0, 0.05) is 18.0 Å². The molecule has 0 aliphatic rings. The lowest BCUT2D eigenvalue weighted by atomic mass is 10.1. The Labute approximate surface area is 133 Å². The average Bonchev–Trinajstić information content (AvgIpc) is 2.58.